The van der Waals surface area contributed by atoms with Crippen LogP contribution >= 0.6 is 0 Å². The first-order chi connectivity index (χ1) is 11.2. The number of rotatable bonds is 7. The lowest BCUT2D eigenvalue weighted by molar-refractivity contribution is 0.0260. The Kier molecular flexibility index (Phi) is 5.32. The smallest absolute Gasteiger partial charge is 0.138 e. The molecule has 0 fully saturated rings. The average Bonchev–Trinajstić information content (AvgIpc) is 3.02. The van der Waals surface area contributed by atoms with Crippen molar-refractivity contribution >= 4 is 0 Å². The summed E-state index contributed by atoms with van der Waals surface area (Å²) in [5.74, 6) is 0.725. The third-order valence-corrected chi connectivity index (χ3v) is 3.97. The number of aliphatic hydroxyl groups is 1. The SMILES string of the molecule is O[C@H](CN[C@@H]1CCc2ncnn2C1)COCc1ccccc1F. The normalized spacial score (nSPS) is 18.6. The fraction of sp³-hybridized carbons (Fsp3) is 0.500. The van der Waals surface area contributed by atoms with Gasteiger partial charge >= 0.3 is 0 Å². The molecule has 1 aromatic heterocycles. The van der Waals surface area contributed by atoms with Crippen LogP contribution in [0.25, 0.3) is 0 Å². The van der Waals surface area contributed by atoms with Gasteiger partial charge in [0.05, 0.1) is 25.9 Å². The van der Waals surface area contributed by atoms with E-state index in [4.69, 9.17) is 4.74 Å². The van der Waals surface area contributed by atoms with Crippen LogP contribution in [0.15, 0.2) is 30.6 Å². The predicted octanol–water partition coefficient (Wildman–Crippen LogP) is 0.899. The number of aliphatic hydroxyl groups excluding tert-OH is 1. The van der Waals surface area contributed by atoms with E-state index in [1.807, 2.05) is 4.68 Å². The second-order valence-electron chi connectivity index (χ2n) is 5.76. The Balaban J connectivity index is 1.36. The lowest BCUT2D eigenvalue weighted by Gasteiger charge is -2.24. The molecule has 1 aliphatic heterocycles. The summed E-state index contributed by atoms with van der Waals surface area (Å²) in [5.41, 5.74) is 0.499. The predicted molar refractivity (Wildman–Crippen MR) is 82.2 cm³/mol. The lowest BCUT2D eigenvalue weighted by atomic mass is 10.1. The molecule has 0 unspecified atom stereocenters. The molecule has 2 atom stereocenters. The molecule has 0 saturated carbocycles. The third-order valence-electron chi connectivity index (χ3n) is 3.97. The maximum Gasteiger partial charge on any atom is 0.138 e. The van der Waals surface area contributed by atoms with Gasteiger partial charge in [0.15, 0.2) is 0 Å². The molecule has 0 spiro atoms. The number of benzene rings is 1. The third kappa shape index (κ3) is 4.34. The van der Waals surface area contributed by atoms with Crippen LogP contribution in [-0.2, 0) is 24.3 Å². The van der Waals surface area contributed by atoms with Gasteiger partial charge in [-0.05, 0) is 12.5 Å². The average molecular weight is 320 g/mol. The van der Waals surface area contributed by atoms with Crippen molar-refractivity contribution in [1.29, 1.82) is 0 Å². The van der Waals surface area contributed by atoms with Crippen molar-refractivity contribution in [2.75, 3.05) is 13.2 Å². The first-order valence-electron chi connectivity index (χ1n) is 7.81. The zero-order chi connectivity index (χ0) is 16.1. The summed E-state index contributed by atoms with van der Waals surface area (Å²) in [4.78, 5) is 4.19. The highest BCUT2D eigenvalue weighted by atomic mass is 19.1. The van der Waals surface area contributed by atoms with Crippen LogP contribution in [0.2, 0.25) is 0 Å². The van der Waals surface area contributed by atoms with E-state index in [0.29, 0.717) is 12.1 Å². The summed E-state index contributed by atoms with van der Waals surface area (Å²) >= 11 is 0. The van der Waals surface area contributed by atoms with Gasteiger partial charge in [0.25, 0.3) is 0 Å². The first-order valence-corrected chi connectivity index (χ1v) is 7.81. The van der Waals surface area contributed by atoms with Crippen molar-refractivity contribution in [1.82, 2.24) is 20.1 Å². The molecule has 0 bridgehead atoms. The second kappa shape index (κ2) is 7.63. The van der Waals surface area contributed by atoms with Crippen molar-refractivity contribution in [2.45, 2.75) is 38.1 Å². The number of hydrogen-bond donors (Lipinski definition) is 2. The standard InChI is InChI=1S/C16H21FN4O2/c17-15-4-2-1-3-12(15)9-23-10-14(22)7-18-13-5-6-16-19-11-20-21(16)8-13/h1-4,11,13-14,18,22H,5-10H2/t13-,14-/m1/s1. The minimum Gasteiger partial charge on any atom is -0.389 e. The number of nitrogens with one attached hydrogen (secondary N) is 1. The van der Waals surface area contributed by atoms with Crippen LogP contribution in [0.3, 0.4) is 0 Å². The van der Waals surface area contributed by atoms with Crippen molar-refractivity contribution < 1.29 is 14.2 Å². The van der Waals surface area contributed by atoms with E-state index in [0.717, 1.165) is 25.2 Å². The van der Waals surface area contributed by atoms with Crippen molar-refractivity contribution in [3.8, 4) is 0 Å². The van der Waals surface area contributed by atoms with Crippen LogP contribution in [-0.4, -0.2) is 45.2 Å². The quantitative estimate of drug-likeness (QED) is 0.793. The molecule has 0 saturated heterocycles. The Bertz CT molecular complexity index is 634. The van der Waals surface area contributed by atoms with Crippen molar-refractivity contribution in [3.05, 3.63) is 47.8 Å². The molecule has 0 amide bonds. The molecule has 0 aliphatic carbocycles. The summed E-state index contributed by atoms with van der Waals surface area (Å²) in [6.07, 6.45) is 2.81. The molecule has 1 aliphatic rings. The highest BCUT2D eigenvalue weighted by Gasteiger charge is 2.20. The van der Waals surface area contributed by atoms with E-state index in [2.05, 4.69) is 15.4 Å². The fourth-order valence-electron chi connectivity index (χ4n) is 2.69. The fourth-order valence-corrected chi connectivity index (χ4v) is 2.69. The summed E-state index contributed by atoms with van der Waals surface area (Å²) in [7, 11) is 0. The van der Waals surface area contributed by atoms with Crippen LogP contribution in [0.1, 0.15) is 17.8 Å². The molecule has 0 radical (unpaired) electrons. The number of ether oxygens (including phenoxy) is 1. The van der Waals surface area contributed by atoms with Gasteiger partial charge in [0.2, 0.25) is 0 Å². The van der Waals surface area contributed by atoms with Crippen molar-refractivity contribution in [2.24, 2.45) is 0 Å². The number of nitrogens with zero attached hydrogens (tertiary/aromatic N) is 3. The highest BCUT2D eigenvalue weighted by Crippen LogP contribution is 2.11. The van der Waals surface area contributed by atoms with E-state index in [9.17, 15) is 9.50 Å². The number of aryl methyl sites for hydroxylation is 1. The zero-order valence-corrected chi connectivity index (χ0v) is 12.9. The van der Waals surface area contributed by atoms with E-state index in [1.165, 1.54) is 6.07 Å². The van der Waals surface area contributed by atoms with Crippen molar-refractivity contribution in [3.63, 3.8) is 0 Å². The lowest BCUT2D eigenvalue weighted by Crippen LogP contribution is -2.42. The van der Waals surface area contributed by atoms with Gasteiger partial charge in [-0.1, -0.05) is 18.2 Å². The summed E-state index contributed by atoms with van der Waals surface area (Å²) in [6, 6.07) is 6.75. The first kappa shape index (κ1) is 16.0. The Labute approximate surface area is 134 Å². The largest absolute Gasteiger partial charge is 0.389 e. The molecule has 2 heterocycles. The molecule has 7 heteroatoms. The van der Waals surface area contributed by atoms with E-state index >= 15 is 0 Å². The molecule has 2 aromatic rings. The molecule has 124 valence electrons. The van der Waals surface area contributed by atoms with Gasteiger partial charge in [0, 0.05) is 24.6 Å². The molecule has 23 heavy (non-hydrogen) atoms. The minimum absolute atomic E-state index is 0.162. The second-order valence-corrected chi connectivity index (χ2v) is 5.76. The summed E-state index contributed by atoms with van der Waals surface area (Å²) in [5, 5.41) is 17.5. The van der Waals surface area contributed by atoms with Gasteiger partial charge in [0.1, 0.15) is 18.0 Å². The van der Waals surface area contributed by atoms with Gasteiger partial charge in [-0.3, -0.25) is 0 Å². The maximum absolute atomic E-state index is 13.4. The van der Waals surface area contributed by atoms with Gasteiger partial charge in [-0.25, -0.2) is 14.1 Å². The maximum atomic E-state index is 13.4. The number of fused-ring (bicyclic) bond motifs is 1. The zero-order valence-electron chi connectivity index (χ0n) is 12.9. The summed E-state index contributed by atoms with van der Waals surface area (Å²) in [6.45, 7) is 1.53. The van der Waals surface area contributed by atoms with Crippen LogP contribution in [0.4, 0.5) is 4.39 Å². The Morgan fingerprint density at radius 1 is 1.43 bits per heavy atom. The van der Waals surface area contributed by atoms with E-state index in [-0.39, 0.29) is 25.1 Å². The van der Waals surface area contributed by atoms with Crippen LogP contribution < -0.4 is 5.32 Å². The van der Waals surface area contributed by atoms with E-state index in [1.54, 1.807) is 24.5 Å². The van der Waals surface area contributed by atoms with E-state index < -0.39 is 6.10 Å². The Morgan fingerprint density at radius 2 is 2.30 bits per heavy atom. The number of halogens is 1. The molecule has 1 aromatic carbocycles. The highest BCUT2D eigenvalue weighted by molar-refractivity contribution is 5.16. The van der Waals surface area contributed by atoms with Crippen LogP contribution in [0.5, 0.6) is 0 Å². The molecular formula is C16H21FN4O2. The Hall–Kier alpha value is -1.83. The topological polar surface area (TPSA) is 72.2 Å². The summed E-state index contributed by atoms with van der Waals surface area (Å²) < 4.78 is 20.7. The van der Waals surface area contributed by atoms with Crippen LogP contribution in [0, 0.1) is 5.82 Å². The molecular weight excluding hydrogens is 299 g/mol. The van der Waals surface area contributed by atoms with Gasteiger partial charge in [-0.2, -0.15) is 5.10 Å². The number of hydrogen-bond acceptors (Lipinski definition) is 5. The monoisotopic (exact) mass is 320 g/mol. The Morgan fingerprint density at radius 3 is 3.17 bits per heavy atom. The van der Waals surface area contributed by atoms with Gasteiger partial charge < -0.3 is 15.2 Å². The van der Waals surface area contributed by atoms with Gasteiger partial charge in [-0.15, -0.1) is 0 Å². The number of aromatic nitrogens is 3. The molecule has 2 N–H and O–H groups in total. The molecule has 3 rings (SSSR count). The molecule has 6 nitrogen and oxygen atoms in total. The minimum atomic E-state index is -0.626.